The number of carbonyl (C=O) groups excluding carboxylic acids is 1. The molecule has 2 aromatic carbocycles. The molecule has 1 saturated heterocycles. The summed E-state index contributed by atoms with van der Waals surface area (Å²) in [6.45, 7) is -0.612. The average Bonchev–Trinajstić information content (AvgIpc) is 3.42. The second-order valence-corrected chi connectivity index (χ2v) is 15.2. The van der Waals surface area contributed by atoms with Crippen LogP contribution in [0.25, 0.3) is 0 Å². The third-order valence-corrected chi connectivity index (χ3v) is 14.6. The van der Waals surface area contributed by atoms with Crippen molar-refractivity contribution in [1.29, 1.82) is 0 Å². The van der Waals surface area contributed by atoms with Gasteiger partial charge in [0.05, 0.1) is 15.7 Å². The van der Waals surface area contributed by atoms with Crippen molar-refractivity contribution in [2.24, 2.45) is 46.3 Å². The first kappa shape index (κ1) is 28.3. The summed E-state index contributed by atoms with van der Waals surface area (Å²) < 4.78 is 135. The summed E-state index contributed by atoms with van der Waals surface area (Å²) in [6.07, 6.45) is -13.0. The minimum atomic E-state index is -6.37. The summed E-state index contributed by atoms with van der Waals surface area (Å²) in [7, 11) is -4.57. The SMILES string of the molecule is O=C(O)C12C3C4C1C1C2C3C41C(=O)N1CCC(c2ccc(C(F)(C(F)(F)F)C(F)(F)F)cc2)(S(=O)(=O)c2ccc(F)cc2)C1. The van der Waals surface area contributed by atoms with Gasteiger partial charge in [-0.1, -0.05) is 24.3 Å². The first-order valence-electron chi connectivity index (χ1n) is 13.8. The molecule has 1 heterocycles. The van der Waals surface area contributed by atoms with E-state index in [0.29, 0.717) is 12.1 Å². The van der Waals surface area contributed by atoms with E-state index in [0.717, 1.165) is 24.3 Å². The van der Waals surface area contributed by atoms with Crippen molar-refractivity contribution >= 4 is 21.7 Å². The van der Waals surface area contributed by atoms with Gasteiger partial charge in [0, 0.05) is 18.7 Å². The number of rotatable bonds is 6. The number of amides is 1. The van der Waals surface area contributed by atoms with Crippen LogP contribution in [0, 0.1) is 52.2 Å². The summed E-state index contributed by atoms with van der Waals surface area (Å²) in [6, 6.07) is 5.55. The molecule has 0 spiro atoms. The van der Waals surface area contributed by atoms with Gasteiger partial charge in [-0.05, 0) is 71.8 Å². The standard InChI is InChI=1S/C29H21F8NO5S/c30-14-5-7-15(8-6-14)44(42,43)24(12-1-3-13(4-2-12)27(31,28(32,33)34)29(35,36)37)9-10-38(11-24)22(39)25-16-19-17(25)21-18(25)20(16)26(19,21)23(40)41/h1-8,16-21H,9-11H2,(H,40,41). The number of sulfone groups is 1. The number of alkyl halides is 7. The van der Waals surface area contributed by atoms with Crippen LogP contribution in [-0.2, 0) is 29.8 Å². The van der Waals surface area contributed by atoms with E-state index in [-0.39, 0.29) is 77.0 Å². The normalized spacial score (nSPS) is 39.3. The average molecular weight is 648 g/mol. The molecule has 1 atom stereocenters. The van der Waals surface area contributed by atoms with Crippen LogP contribution in [0.4, 0.5) is 35.1 Å². The third kappa shape index (κ3) is 2.50. The highest BCUT2D eigenvalue weighted by Gasteiger charge is 3.13. The Morgan fingerprint density at radius 1 is 0.773 bits per heavy atom. The number of carboxylic acids is 1. The number of nitrogens with zero attached hydrogens (tertiary/aromatic N) is 1. The Bertz CT molecular complexity index is 1700. The summed E-state index contributed by atoms with van der Waals surface area (Å²) in [5.41, 5.74) is -9.28. The fourth-order valence-electron chi connectivity index (χ4n) is 10.6. The Morgan fingerprint density at radius 3 is 1.70 bits per heavy atom. The van der Waals surface area contributed by atoms with E-state index in [1.807, 2.05) is 0 Å². The summed E-state index contributed by atoms with van der Waals surface area (Å²) in [4.78, 5) is 26.8. The molecule has 6 saturated carbocycles. The van der Waals surface area contributed by atoms with Crippen LogP contribution in [0.5, 0.6) is 0 Å². The lowest BCUT2D eigenvalue weighted by Gasteiger charge is -3.09. The van der Waals surface area contributed by atoms with E-state index >= 15 is 0 Å². The molecule has 7 fully saturated rings. The fourth-order valence-corrected chi connectivity index (χ4v) is 12.6. The van der Waals surface area contributed by atoms with E-state index in [1.165, 1.54) is 4.90 Å². The predicted octanol–water partition coefficient (Wildman–Crippen LogP) is 4.84. The van der Waals surface area contributed by atoms with Crippen molar-refractivity contribution in [2.45, 2.75) is 34.1 Å². The van der Waals surface area contributed by atoms with Gasteiger partial charge in [0.1, 0.15) is 10.6 Å². The summed E-state index contributed by atoms with van der Waals surface area (Å²) in [5.74, 6) is -2.51. The van der Waals surface area contributed by atoms with Gasteiger partial charge in [0.2, 0.25) is 5.91 Å². The summed E-state index contributed by atoms with van der Waals surface area (Å²) >= 11 is 0. The van der Waals surface area contributed by atoms with E-state index in [1.54, 1.807) is 0 Å². The topological polar surface area (TPSA) is 91.8 Å². The maximum absolute atomic E-state index is 14.7. The predicted molar refractivity (Wildman–Crippen MR) is 131 cm³/mol. The van der Waals surface area contributed by atoms with Gasteiger partial charge in [-0.3, -0.25) is 9.59 Å². The second-order valence-electron chi connectivity index (χ2n) is 13.0. The molecule has 2 aromatic rings. The van der Waals surface area contributed by atoms with Crippen molar-refractivity contribution in [1.82, 2.24) is 4.90 Å². The van der Waals surface area contributed by atoms with Gasteiger partial charge in [-0.2, -0.15) is 26.3 Å². The molecular weight excluding hydrogens is 626 g/mol. The molecule has 6 aliphatic carbocycles. The van der Waals surface area contributed by atoms with Gasteiger partial charge in [-0.25, -0.2) is 17.2 Å². The van der Waals surface area contributed by atoms with Crippen LogP contribution in [-0.4, -0.2) is 55.7 Å². The smallest absolute Gasteiger partial charge is 0.435 e. The van der Waals surface area contributed by atoms with E-state index in [9.17, 15) is 58.2 Å². The van der Waals surface area contributed by atoms with Crippen LogP contribution in [0.15, 0.2) is 53.4 Å². The quantitative estimate of drug-likeness (QED) is 0.358. The van der Waals surface area contributed by atoms with Crippen molar-refractivity contribution in [3.63, 3.8) is 0 Å². The number of aliphatic carboxylic acids is 1. The van der Waals surface area contributed by atoms with E-state index in [2.05, 4.69) is 0 Å². The molecular formula is C29H21F8NO5S. The molecule has 0 radical (unpaired) electrons. The molecule has 1 aliphatic heterocycles. The monoisotopic (exact) mass is 647 g/mol. The van der Waals surface area contributed by atoms with Gasteiger partial charge < -0.3 is 10.0 Å². The minimum Gasteiger partial charge on any atom is -0.481 e. The molecule has 234 valence electrons. The molecule has 0 bridgehead atoms. The number of carbonyl (C=O) groups is 2. The van der Waals surface area contributed by atoms with Gasteiger partial charge in [0.25, 0.3) is 0 Å². The Balaban J connectivity index is 1.16. The molecule has 0 aromatic heterocycles. The van der Waals surface area contributed by atoms with E-state index in [4.69, 9.17) is 0 Å². The lowest BCUT2D eigenvalue weighted by atomic mass is 8.92. The van der Waals surface area contributed by atoms with Crippen molar-refractivity contribution < 1.29 is 58.2 Å². The molecule has 1 N–H and O–H groups in total. The van der Waals surface area contributed by atoms with Crippen LogP contribution < -0.4 is 0 Å². The van der Waals surface area contributed by atoms with Gasteiger partial charge in [-0.15, -0.1) is 0 Å². The van der Waals surface area contributed by atoms with Crippen molar-refractivity contribution in [3.8, 4) is 0 Å². The maximum atomic E-state index is 14.7. The van der Waals surface area contributed by atoms with E-state index < -0.39 is 67.3 Å². The molecule has 1 amide bonds. The van der Waals surface area contributed by atoms with Gasteiger partial charge >= 0.3 is 24.0 Å². The van der Waals surface area contributed by atoms with Gasteiger partial charge in [0.15, 0.2) is 9.84 Å². The molecule has 1 unspecified atom stereocenters. The maximum Gasteiger partial charge on any atom is 0.435 e. The van der Waals surface area contributed by atoms with Crippen molar-refractivity contribution in [3.05, 3.63) is 65.5 Å². The Labute approximate surface area is 243 Å². The molecule has 15 heteroatoms. The number of hydrogen-bond donors (Lipinski definition) is 1. The van der Waals surface area contributed by atoms with Crippen LogP contribution in [0.3, 0.4) is 0 Å². The highest BCUT2D eigenvalue weighted by atomic mass is 32.2. The van der Waals surface area contributed by atoms with Crippen molar-refractivity contribution in [2.75, 3.05) is 13.1 Å². The number of carboxylic acid groups (broad SMARTS) is 1. The summed E-state index contributed by atoms with van der Waals surface area (Å²) in [5, 5.41) is 9.73. The Hall–Kier alpha value is -3.23. The lowest BCUT2D eigenvalue weighted by Crippen LogP contribution is -3.12. The fraction of sp³-hybridized carbons (Fsp3) is 0.517. The zero-order valence-electron chi connectivity index (χ0n) is 22.2. The lowest BCUT2D eigenvalue weighted by molar-refractivity contribution is -0.627. The van der Waals surface area contributed by atoms with Crippen LogP contribution in [0.1, 0.15) is 17.5 Å². The largest absolute Gasteiger partial charge is 0.481 e. The number of halogens is 8. The molecule has 6 nitrogen and oxygen atoms in total. The first-order valence-corrected chi connectivity index (χ1v) is 15.3. The Morgan fingerprint density at radius 2 is 1.25 bits per heavy atom. The number of likely N-dealkylation sites (tertiary alicyclic amines) is 1. The van der Waals surface area contributed by atoms with Crippen LogP contribution >= 0.6 is 0 Å². The van der Waals surface area contributed by atoms with Crippen LogP contribution in [0.2, 0.25) is 0 Å². The first-order chi connectivity index (χ1) is 20.4. The molecule has 9 rings (SSSR count). The second kappa shape index (κ2) is 7.59. The Kier molecular flexibility index (Phi) is 4.87. The molecule has 7 aliphatic rings. The number of hydrogen-bond acceptors (Lipinski definition) is 4. The minimum absolute atomic E-state index is 0.0879. The molecule has 44 heavy (non-hydrogen) atoms. The number of benzene rings is 2. The highest BCUT2D eigenvalue weighted by Crippen LogP contribution is 3.10. The third-order valence-electron chi connectivity index (χ3n) is 12.1. The zero-order chi connectivity index (χ0) is 31.8. The highest BCUT2D eigenvalue weighted by molar-refractivity contribution is 7.92. The zero-order valence-corrected chi connectivity index (χ0v) is 23.0.